The number of carbonyl (C=O) groups excluding carboxylic acids is 1. The molecule has 0 bridgehead atoms. The number of phenols is 1. The summed E-state index contributed by atoms with van der Waals surface area (Å²) >= 11 is 0. The minimum atomic E-state index is -0.225. The number of rotatable bonds is 7. The Hall–Kier alpha value is -3.13. The molecule has 3 rings (SSSR count). The van der Waals surface area contributed by atoms with Crippen LogP contribution in [0.15, 0.2) is 53.5 Å². The highest BCUT2D eigenvalue weighted by molar-refractivity contribution is 5.94. The molecule has 7 nitrogen and oxygen atoms in total. The van der Waals surface area contributed by atoms with Gasteiger partial charge in [-0.2, -0.15) is 0 Å². The Balaban J connectivity index is 1.45. The van der Waals surface area contributed by atoms with E-state index < -0.39 is 0 Å². The van der Waals surface area contributed by atoms with Crippen molar-refractivity contribution in [2.45, 2.75) is 32.4 Å². The summed E-state index contributed by atoms with van der Waals surface area (Å²) in [5, 5.41) is 18.7. The molecule has 1 amide bonds. The van der Waals surface area contributed by atoms with Crippen LogP contribution < -0.4 is 16.0 Å². The van der Waals surface area contributed by atoms with Crippen molar-refractivity contribution >= 4 is 17.6 Å². The van der Waals surface area contributed by atoms with Crippen LogP contribution >= 0.6 is 0 Å². The zero-order valence-electron chi connectivity index (χ0n) is 17.8. The van der Waals surface area contributed by atoms with Crippen LogP contribution in [0.1, 0.15) is 25.3 Å². The lowest BCUT2D eigenvalue weighted by Crippen LogP contribution is -2.48. The van der Waals surface area contributed by atoms with E-state index in [0.29, 0.717) is 18.2 Å². The van der Waals surface area contributed by atoms with E-state index in [1.54, 1.807) is 12.1 Å². The topological polar surface area (TPSA) is 89.0 Å². The highest BCUT2D eigenvalue weighted by atomic mass is 19.1. The highest BCUT2D eigenvalue weighted by Gasteiger charge is 2.20. The number of carbonyl (C=O) groups is 1. The molecule has 4 N–H and O–H groups in total. The molecular formula is C23H30FN5O2. The molecule has 166 valence electrons. The van der Waals surface area contributed by atoms with Gasteiger partial charge in [-0.25, -0.2) is 9.38 Å². The van der Waals surface area contributed by atoms with Crippen molar-refractivity contribution in [3.63, 3.8) is 0 Å². The number of halogens is 1. The lowest BCUT2D eigenvalue weighted by molar-refractivity contribution is -0.114. The van der Waals surface area contributed by atoms with E-state index in [1.807, 2.05) is 19.1 Å². The number of benzene rings is 2. The van der Waals surface area contributed by atoms with Gasteiger partial charge in [-0.15, -0.1) is 0 Å². The van der Waals surface area contributed by atoms with E-state index in [9.17, 15) is 14.3 Å². The van der Waals surface area contributed by atoms with Crippen LogP contribution in [0, 0.1) is 5.82 Å². The third-order valence-corrected chi connectivity index (χ3v) is 5.12. The molecule has 8 heteroatoms. The van der Waals surface area contributed by atoms with Gasteiger partial charge in [0.15, 0.2) is 5.96 Å². The Bertz CT molecular complexity index is 863. The summed E-state index contributed by atoms with van der Waals surface area (Å²) in [6, 6.07) is 13.3. The first-order valence-electron chi connectivity index (χ1n) is 10.6. The van der Waals surface area contributed by atoms with E-state index in [-0.39, 0.29) is 30.1 Å². The average Bonchev–Trinajstić information content (AvgIpc) is 2.77. The minimum absolute atomic E-state index is 0.000375. The quantitative estimate of drug-likeness (QED) is 0.310. The standard InChI is InChI=1S/C23H30FN5O2/c1-2-25-23(26-15-22(31)27-19-7-9-21(30)10-8-19)28-20-11-13-29(14-12-20)16-17-3-5-18(24)6-4-17/h3-10,20,30H,2,11-16H2,1H3,(H,27,31)(H2,25,26,28). The second-order valence-corrected chi connectivity index (χ2v) is 7.61. The Morgan fingerprint density at radius 2 is 1.81 bits per heavy atom. The van der Waals surface area contributed by atoms with Crippen LogP contribution in [0.2, 0.25) is 0 Å². The number of nitrogens with one attached hydrogen (secondary N) is 3. The molecule has 0 aliphatic carbocycles. The van der Waals surface area contributed by atoms with Crippen molar-refractivity contribution in [1.82, 2.24) is 15.5 Å². The first-order valence-corrected chi connectivity index (χ1v) is 10.6. The van der Waals surface area contributed by atoms with Crippen molar-refractivity contribution < 1.29 is 14.3 Å². The minimum Gasteiger partial charge on any atom is -0.508 e. The van der Waals surface area contributed by atoms with Gasteiger partial charge in [-0.1, -0.05) is 12.1 Å². The number of amides is 1. The van der Waals surface area contributed by atoms with E-state index in [4.69, 9.17) is 0 Å². The summed E-state index contributed by atoms with van der Waals surface area (Å²) in [4.78, 5) is 18.9. The zero-order chi connectivity index (χ0) is 22.1. The molecule has 0 saturated carbocycles. The molecule has 1 saturated heterocycles. The van der Waals surface area contributed by atoms with E-state index in [0.717, 1.165) is 38.0 Å². The monoisotopic (exact) mass is 427 g/mol. The van der Waals surface area contributed by atoms with Gasteiger partial charge in [0, 0.05) is 37.9 Å². The van der Waals surface area contributed by atoms with Gasteiger partial charge in [0.25, 0.3) is 0 Å². The maximum atomic E-state index is 13.1. The number of anilines is 1. The Kier molecular flexibility index (Phi) is 8.23. The predicted molar refractivity (Wildman–Crippen MR) is 121 cm³/mol. The smallest absolute Gasteiger partial charge is 0.246 e. The molecule has 0 unspecified atom stereocenters. The highest BCUT2D eigenvalue weighted by Crippen LogP contribution is 2.15. The number of likely N-dealkylation sites (tertiary alicyclic amines) is 1. The Morgan fingerprint density at radius 3 is 2.45 bits per heavy atom. The van der Waals surface area contributed by atoms with Crippen LogP contribution in [-0.4, -0.2) is 54.1 Å². The van der Waals surface area contributed by atoms with Crippen LogP contribution in [0.3, 0.4) is 0 Å². The lowest BCUT2D eigenvalue weighted by Gasteiger charge is -2.33. The van der Waals surface area contributed by atoms with Crippen molar-refractivity contribution in [1.29, 1.82) is 0 Å². The second kappa shape index (κ2) is 11.3. The van der Waals surface area contributed by atoms with Crippen molar-refractivity contribution in [3.05, 3.63) is 59.9 Å². The molecule has 1 aliphatic rings. The number of aromatic hydroxyl groups is 1. The predicted octanol–water partition coefficient (Wildman–Crippen LogP) is 2.69. The number of aliphatic imine (C=N–C) groups is 1. The van der Waals surface area contributed by atoms with Gasteiger partial charge in [0.1, 0.15) is 18.1 Å². The molecule has 2 aromatic carbocycles. The maximum Gasteiger partial charge on any atom is 0.246 e. The van der Waals surface area contributed by atoms with E-state index in [1.165, 1.54) is 24.3 Å². The fraction of sp³-hybridized carbons (Fsp3) is 0.391. The van der Waals surface area contributed by atoms with Crippen LogP contribution in [-0.2, 0) is 11.3 Å². The van der Waals surface area contributed by atoms with E-state index >= 15 is 0 Å². The zero-order valence-corrected chi connectivity index (χ0v) is 17.8. The first kappa shape index (κ1) is 22.6. The molecule has 0 aromatic heterocycles. The fourth-order valence-electron chi connectivity index (χ4n) is 3.49. The number of phenolic OH excluding ortho intramolecular Hbond substituents is 1. The SMILES string of the molecule is CCNC(=NCC(=O)Nc1ccc(O)cc1)NC1CCN(Cc2ccc(F)cc2)CC1. The first-order chi connectivity index (χ1) is 15.0. The second-order valence-electron chi connectivity index (χ2n) is 7.61. The summed E-state index contributed by atoms with van der Waals surface area (Å²) in [6.07, 6.45) is 1.93. The van der Waals surface area contributed by atoms with Gasteiger partial charge < -0.3 is 21.1 Å². The molecule has 1 aliphatic heterocycles. The number of hydrogen-bond donors (Lipinski definition) is 4. The molecular weight excluding hydrogens is 397 g/mol. The Morgan fingerprint density at radius 1 is 1.13 bits per heavy atom. The largest absolute Gasteiger partial charge is 0.508 e. The van der Waals surface area contributed by atoms with Gasteiger partial charge in [-0.3, -0.25) is 9.69 Å². The summed E-state index contributed by atoms with van der Waals surface area (Å²) in [5.74, 6) is 0.342. The molecule has 1 fully saturated rings. The van der Waals surface area contributed by atoms with Gasteiger partial charge in [0.05, 0.1) is 0 Å². The molecule has 0 radical (unpaired) electrons. The van der Waals surface area contributed by atoms with E-state index in [2.05, 4.69) is 25.8 Å². The molecule has 31 heavy (non-hydrogen) atoms. The molecule has 0 spiro atoms. The fourth-order valence-corrected chi connectivity index (χ4v) is 3.49. The summed E-state index contributed by atoms with van der Waals surface area (Å²) < 4.78 is 13.1. The summed E-state index contributed by atoms with van der Waals surface area (Å²) in [7, 11) is 0. The third-order valence-electron chi connectivity index (χ3n) is 5.12. The van der Waals surface area contributed by atoms with Crippen molar-refractivity contribution in [2.75, 3.05) is 31.5 Å². The molecule has 2 aromatic rings. The van der Waals surface area contributed by atoms with Crippen molar-refractivity contribution in [2.24, 2.45) is 4.99 Å². The number of hydrogen-bond acceptors (Lipinski definition) is 4. The number of nitrogens with zero attached hydrogens (tertiary/aromatic N) is 2. The number of piperidine rings is 1. The summed E-state index contributed by atoms with van der Waals surface area (Å²) in [5.41, 5.74) is 1.73. The molecule has 1 heterocycles. The van der Waals surface area contributed by atoms with Crippen LogP contribution in [0.25, 0.3) is 0 Å². The lowest BCUT2D eigenvalue weighted by atomic mass is 10.0. The van der Waals surface area contributed by atoms with Gasteiger partial charge in [-0.05, 0) is 61.7 Å². The Labute approximate surface area is 182 Å². The van der Waals surface area contributed by atoms with Crippen LogP contribution in [0.5, 0.6) is 5.75 Å². The average molecular weight is 428 g/mol. The van der Waals surface area contributed by atoms with Gasteiger partial charge >= 0.3 is 0 Å². The number of guanidine groups is 1. The normalized spacial score (nSPS) is 15.5. The summed E-state index contributed by atoms with van der Waals surface area (Å²) in [6.45, 7) is 5.39. The maximum absolute atomic E-state index is 13.1. The van der Waals surface area contributed by atoms with Crippen molar-refractivity contribution in [3.8, 4) is 5.75 Å². The van der Waals surface area contributed by atoms with Gasteiger partial charge in [0.2, 0.25) is 5.91 Å². The molecule has 0 atom stereocenters. The third kappa shape index (κ3) is 7.57. The van der Waals surface area contributed by atoms with Crippen LogP contribution in [0.4, 0.5) is 10.1 Å².